The number of rotatable bonds is 11. The van der Waals surface area contributed by atoms with Gasteiger partial charge in [0.1, 0.15) is 5.82 Å². The SMILES string of the molecule is Cc1ccc(C2(C(F)F)CC2)c(CN(C2CC2)N(Cc2cc(F)ccc2C2(C(F)F)CC2)C2CC2)c1. The first-order chi connectivity index (χ1) is 17.2. The molecule has 0 bridgehead atoms. The molecule has 2 aromatic rings. The van der Waals surface area contributed by atoms with E-state index in [2.05, 4.69) is 10.0 Å². The van der Waals surface area contributed by atoms with Gasteiger partial charge in [-0.3, -0.25) is 0 Å². The van der Waals surface area contributed by atoms with Crippen LogP contribution in [0.15, 0.2) is 36.4 Å². The number of benzene rings is 2. The summed E-state index contributed by atoms with van der Waals surface area (Å²) in [5.74, 6) is -0.416. The second-order valence-electron chi connectivity index (χ2n) is 11.5. The van der Waals surface area contributed by atoms with Crippen LogP contribution in [-0.2, 0) is 23.9 Å². The molecule has 0 spiro atoms. The number of alkyl halides is 4. The average molecular weight is 505 g/mol. The quantitative estimate of drug-likeness (QED) is 0.235. The standard InChI is InChI=1S/C29H33F5N2/c1-18-2-8-24(28(10-11-28)26(31)32)19(14-18)16-35(22-4-5-22)36(23-6-7-23)17-20-15-21(30)3-9-25(20)29(12-13-29)27(33)34/h2-3,8-9,14-15,22-23,26-27H,4-7,10-13,16-17H2,1H3. The highest BCUT2D eigenvalue weighted by molar-refractivity contribution is 5.42. The van der Waals surface area contributed by atoms with E-state index < -0.39 is 29.5 Å². The highest BCUT2D eigenvalue weighted by Gasteiger charge is 2.55. The molecule has 0 unspecified atom stereocenters. The van der Waals surface area contributed by atoms with Crippen molar-refractivity contribution in [2.75, 3.05) is 0 Å². The fraction of sp³-hybridized carbons (Fsp3) is 0.586. The van der Waals surface area contributed by atoms with Gasteiger partial charge in [-0.1, -0.05) is 29.8 Å². The van der Waals surface area contributed by atoms with Crippen LogP contribution in [0.2, 0.25) is 0 Å². The van der Waals surface area contributed by atoms with Gasteiger partial charge >= 0.3 is 0 Å². The average Bonchev–Trinajstić information content (AvgIpc) is 3.69. The van der Waals surface area contributed by atoms with Crippen LogP contribution < -0.4 is 0 Å². The molecular weight excluding hydrogens is 471 g/mol. The van der Waals surface area contributed by atoms with Crippen LogP contribution in [0.5, 0.6) is 0 Å². The van der Waals surface area contributed by atoms with Crippen LogP contribution in [0, 0.1) is 12.7 Å². The zero-order valence-corrected chi connectivity index (χ0v) is 20.6. The van der Waals surface area contributed by atoms with Gasteiger partial charge in [0.05, 0.1) is 10.8 Å². The highest BCUT2D eigenvalue weighted by Crippen LogP contribution is 2.55. The zero-order chi connectivity index (χ0) is 25.2. The molecule has 0 aromatic heterocycles. The first-order valence-corrected chi connectivity index (χ1v) is 13.2. The second-order valence-corrected chi connectivity index (χ2v) is 11.5. The van der Waals surface area contributed by atoms with Gasteiger partial charge in [-0.25, -0.2) is 32.0 Å². The first kappa shape index (κ1) is 24.4. The van der Waals surface area contributed by atoms with Crippen LogP contribution >= 0.6 is 0 Å². The summed E-state index contributed by atoms with van der Waals surface area (Å²) in [5.41, 5.74) is 1.68. The Hall–Kier alpha value is -1.99. The van der Waals surface area contributed by atoms with Crippen molar-refractivity contribution in [3.63, 3.8) is 0 Å². The van der Waals surface area contributed by atoms with E-state index in [9.17, 15) is 22.0 Å². The first-order valence-electron chi connectivity index (χ1n) is 13.2. The molecule has 0 saturated heterocycles. The summed E-state index contributed by atoms with van der Waals surface area (Å²) in [6, 6.07) is 10.6. The molecule has 6 rings (SSSR count). The molecule has 2 aromatic carbocycles. The molecule has 2 nitrogen and oxygen atoms in total. The maximum atomic E-state index is 14.4. The summed E-state index contributed by atoms with van der Waals surface area (Å²) in [4.78, 5) is 0. The molecule has 0 aliphatic heterocycles. The van der Waals surface area contributed by atoms with E-state index in [1.165, 1.54) is 12.1 Å². The number of nitrogens with zero attached hydrogens (tertiary/aromatic N) is 2. The zero-order valence-electron chi connectivity index (χ0n) is 20.6. The third-order valence-corrected chi connectivity index (χ3v) is 8.75. The Morgan fingerprint density at radius 3 is 1.58 bits per heavy atom. The number of hydrogen-bond acceptors (Lipinski definition) is 2. The van der Waals surface area contributed by atoms with Gasteiger partial charge in [-0.2, -0.15) is 0 Å². The molecule has 0 N–H and O–H groups in total. The van der Waals surface area contributed by atoms with Crippen LogP contribution in [0.1, 0.15) is 79.2 Å². The summed E-state index contributed by atoms with van der Waals surface area (Å²) in [6.45, 7) is 2.86. The Bertz CT molecular complexity index is 1040. The third-order valence-electron chi connectivity index (χ3n) is 8.75. The molecule has 0 radical (unpaired) electrons. The minimum atomic E-state index is -2.48. The molecular formula is C29H33F5N2. The van der Waals surface area contributed by atoms with E-state index in [0.29, 0.717) is 55.9 Å². The minimum Gasteiger partial charge on any atom is -0.234 e. The van der Waals surface area contributed by atoms with Crippen molar-refractivity contribution in [3.05, 3.63) is 70.0 Å². The van der Waals surface area contributed by atoms with Gasteiger partial charge < -0.3 is 0 Å². The van der Waals surface area contributed by atoms with Crippen LogP contribution in [0.4, 0.5) is 22.0 Å². The van der Waals surface area contributed by atoms with Gasteiger partial charge in [0.2, 0.25) is 12.9 Å². The summed E-state index contributed by atoms with van der Waals surface area (Å²) >= 11 is 0. The molecule has 0 amide bonds. The van der Waals surface area contributed by atoms with Crippen LogP contribution in [-0.4, -0.2) is 35.0 Å². The molecule has 4 aliphatic rings. The topological polar surface area (TPSA) is 6.48 Å². The van der Waals surface area contributed by atoms with Crippen molar-refractivity contribution in [3.8, 4) is 0 Å². The molecule has 7 heteroatoms. The molecule has 0 atom stereocenters. The minimum absolute atomic E-state index is 0.265. The highest BCUT2D eigenvalue weighted by atomic mass is 19.3. The maximum Gasteiger partial charge on any atom is 0.248 e. The smallest absolute Gasteiger partial charge is 0.234 e. The van der Waals surface area contributed by atoms with E-state index in [1.54, 1.807) is 6.07 Å². The van der Waals surface area contributed by atoms with E-state index in [0.717, 1.165) is 42.4 Å². The predicted octanol–water partition coefficient (Wildman–Crippen LogP) is 7.27. The van der Waals surface area contributed by atoms with Crippen molar-refractivity contribution in [2.24, 2.45) is 0 Å². The second kappa shape index (κ2) is 8.80. The Balaban J connectivity index is 1.34. The monoisotopic (exact) mass is 504 g/mol. The fourth-order valence-corrected chi connectivity index (χ4v) is 5.95. The Labute approximate surface area is 209 Å². The van der Waals surface area contributed by atoms with Crippen molar-refractivity contribution in [1.82, 2.24) is 10.0 Å². The third kappa shape index (κ3) is 4.36. The Kier molecular flexibility index (Phi) is 5.95. The van der Waals surface area contributed by atoms with Crippen LogP contribution in [0.25, 0.3) is 0 Å². The number of hydrazine groups is 1. The molecule has 4 aliphatic carbocycles. The van der Waals surface area contributed by atoms with Crippen molar-refractivity contribution >= 4 is 0 Å². The number of halogens is 5. The molecule has 194 valence electrons. The van der Waals surface area contributed by atoms with Crippen molar-refractivity contribution in [1.29, 1.82) is 0 Å². The molecule has 36 heavy (non-hydrogen) atoms. The Morgan fingerprint density at radius 1 is 0.722 bits per heavy atom. The summed E-state index contributed by atoms with van der Waals surface area (Å²) in [7, 11) is 0. The molecule has 0 heterocycles. The largest absolute Gasteiger partial charge is 0.248 e. The summed E-state index contributed by atoms with van der Waals surface area (Å²) in [6.07, 6.45) is 0.982. The van der Waals surface area contributed by atoms with E-state index in [-0.39, 0.29) is 6.04 Å². The normalized spacial score (nSPS) is 22.2. The van der Waals surface area contributed by atoms with Crippen molar-refractivity contribution in [2.45, 2.75) is 107 Å². The van der Waals surface area contributed by atoms with Gasteiger partial charge in [0.15, 0.2) is 0 Å². The van der Waals surface area contributed by atoms with E-state index >= 15 is 0 Å². The summed E-state index contributed by atoms with van der Waals surface area (Å²) < 4.78 is 70.6. The number of hydrogen-bond donors (Lipinski definition) is 0. The van der Waals surface area contributed by atoms with Crippen molar-refractivity contribution < 1.29 is 22.0 Å². The van der Waals surface area contributed by atoms with Gasteiger partial charge in [-0.05, 0) is 92.7 Å². The summed E-state index contributed by atoms with van der Waals surface area (Å²) in [5, 5.41) is 4.53. The van der Waals surface area contributed by atoms with E-state index in [4.69, 9.17) is 0 Å². The van der Waals surface area contributed by atoms with Gasteiger partial charge in [0.25, 0.3) is 0 Å². The molecule has 4 saturated carbocycles. The lowest BCUT2D eigenvalue weighted by Crippen LogP contribution is -2.45. The lowest BCUT2D eigenvalue weighted by molar-refractivity contribution is -0.0582. The van der Waals surface area contributed by atoms with Gasteiger partial charge in [-0.15, -0.1) is 0 Å². The van der Waals surface area contributed by atoms with Gasteiger partial charge in [0, 0.05) is 25.2 Å². The predicted molar refractivity (Wildman–Crippen MR) is 129 cm³/mol. The van der Waals surface area contributed by atoms with E-state index in [1.807, 2.05) is 25.1 Å². The fourth-order valence-electron chi connectivity index (χ4n) is 5.95. The van der Waals surface area contributed by atoms with Crippen LogP contribution in [0.3, 0.4) is 0 Å². The lowest BCUT2D eigenvalue weighted by atomic mass is 9.90. The maximum absolute atomic E-state index is 14.4. The lowest BCUT2D eigenvalue weighted by Gasteiger charge is -2.37. The Morgan fingerprint density at radius 2 is 1.17 bits per heavy atom. The number of aryl methyl sites for hydroxylation is 1. The molecule has 4 fully saturated rings.